The molecule has 3 rings (SSSR count). The number of alkyl halides is 3. The lowest BCUT2D eigenvalue weighted by Crippen LogP contribution is -2.15. The Labute approximate surface area is 165 Å². The number of aromatic hydroxyl groups is 1. The smallest absolute Gasteiger partial charge is 0.419 e. The second-order valence-corrected chi connectivity index (χ2v) is 7.66. The fourth-order valence-electron chi connectivity index (χ4n) is 4.26. The Morgan fingerprint density at radius 2 is 1.48 bits per heavy atom. The molecule has 1 fully saturated rings. The molecule has 1 saturated carbocycles. The Morgan fingerprint density at radius 1 is 0.862 bits per heavy atom. The largest absolute Gasteiger partial charge is 0.504 e. The van der Waals surface area contributed by atoms with Crippen LogP contribution in [0.4, 0.5) is 26.3 Å². The Kier molecular flexibility index (Phi) is 6.15. The van der Waals surface area contributed by atoms with E-state index in [-0.39, 0.29) is 11.5 Å². The lowest BCUT2D eigenvalue weighted by Gasteiger charge is -2.29. The summed E-state index contributed by atoms with van der Waals surface area (Å²) in [5.74, 6) is -5.20. The van der Waals surface area contributed by atoms with Gasteiger partial charge in [0.2, 0.25) is 0 Å². The van der Waals surface area contributed by atoms with Crippen molar-refractivity contribution in [1.82, 2.24) is 0 Å². The number of benzene rings is 2. The van der Waals surface area contributed by atoms with Crippen LogP contribution in [0.1, 0.15) is 62.5 Å². The number of phenols is 1. The van der Waals surface area contributed by atoms with Crippen molar-refractivity contribution in [2.24, 2.45) is 5.92 Å². The molecule has 29 heavy (non-hydrogen) atoms. The van der Waals surface area contributed by atoms with E-state index in [1.54, 1.807) is 0 Å². The molecule has 0 aromatic heterocycles. The molecular weight excluding hydrogens is 394 g/mol. The molecule has 1 aliphatic rings. The van der Waals surface area contributed by atoms with Crippen molar-refractivity contribution in [2.45, 2.75) is 57.5 Å². The van der Waals surface area contributed by atoms with Gasteiger partial charge in [-0.15, -0.1) is 0 Å². The van der Waals surface area contributed by atoms with E-state index < -0.39 is 46.1 Å². The molecule has 158 valence electrons. The van der Waals surface area contributed by atoms with Crippen molar-refractivity contribution in [1.29, 1.82) is 0 Å². The van der Waals surface area contributed by atoms with Gasteiger partial charge in [-0.05, 0) is 55.2 Å². The molecule has 0 bridgehead atoms. The molecule has 7 heteroatoms. The topological polar surface area (TPSA) is 20.2 Å². The van der Waals surface area contributed by atoms with E-state index in [2.05, 4.69) is 6.92 Å². The predicted octanol–water partition coefficient (Wildman–Crippen LogP) is 7.57. The molecular formula is C22H22F6O. The molecule has 0 atom stereocenters. The lowest BCUT2D eigenvalue weighted by atomic mass is 9.77. The Bertz CT molecular complexity index is 882. The molecule has 0 spiro atoms. The molecule has 1 nitrogen and oxygen atoms in total. The molecule has 2 aromatic carbocycles. The number of halogens is 6. The number of hydrogen-bond acceptors (Lipinski definition) is 1. The highest BCUT2D eigenvalue weighted by Crippen LogP contribution is 2.43. The van der Waals surface area contributed by atoms with Crippen molar-refractivity contribution in [3.05, 3.63) is 52.8 Å². The number of hydrogen-bond donors (Lipinski definition) is 1. The van der Waals surface area contributed by atoms with Gasteiger partial charge in [0.25, 0.3) is 0 Å². The first kappa shape index (κ1) is 21.5. The zero-order chi connectivity index (χ0) is 21.3. The van der Waals surface area contributed by atoms with Gasteiger partial charge in [0.15, 0.2) is 23.2 Å². The normalized spacial score (nSPS) is 20.1. The van der Waals surface area contributed by atoms with Crippen LogP contribution in [0, 0.1) is 23.4 Å². The highest BCUT2D eigenvalue weighted by atomic mass is 19.4. The maximum atomic E-state index is 14.7. The van der Waals surface area contributed by atoms with Crippen LogP contribution in [0.5, 0.6) is 5.75 Å². The fraction of sp³-hybridized carbons (Fsp3) is 0.455. The summed E-state index contributed by atoms with van der Waals surface area (Å²) >= 11 is 0. The van der Waals surface area contributed by atoms with Gasteiger partial charge < -0.3 is 5.11 Å². The van der Waals surface area contributed by atoms with Crippen LogP contribution in [0.3, 0.4) is 0 Å². The average Bonchev–Trinajstić information content (AvgIpc) is 2.66. The summed E-state index contributed by atoms with van der Waals surface area (Å²) < 4.78 is 81.7. The molecule has 0 saturated heterocycles. The van der Waals surface area contributed by atoms with Crippen molar-refractivity contribution >= 4 is 0 Å². The highest BCUT2D eigenvalue weighted by Gasteiger charge is 2.36. The Balaban J connectivity index is 1.92. The summed E-state index contributed by atoms with van der Waals surface area (Å²) in [5.41, 5.74) is -2.45. The quantitative estimate of drug-likeness (QED) is 0.510. The molecule has 2 aromatic rings. The van der Waals surface area contributed by atoms with E-state index in [4.69, 9.17) is 0 Å². The maximum absolute atomic E-state index is 14.7. The molecule has 0 heterocycles. The van der Waals surface area contributed by atoms with Crippen LogP contribution in [-0.4, -0.2) is 5.11 Å². The van der Waals surface area contributed by atoms with E-state index in [1.807, 2.05) is 0 Å². The monoisotopic (exact) mass is 416 g/mol. The molecule has 0 amide bonds. The van der Waals surface area contributed by atoms with Gasteiger partial charge in [0, 0.05) is 11.1 Å². The van der Waals surface area contributed by atoms with Gasteiger partial charge in [-0.25, -0.2) is 13.2 Å². The minimum absolute atomic E-state index is 0.135. The Hall–Kier alpha value is -2.18. The van der Waals surface area contributed by atoms with Gasteiger partial charge in [-0.2, -0.15) is 13.2 Å². The summed E-state index contributed by atoms with van der Waals surface area (Å²) in [4.78, 5) is 0. The van der Waals surface area contributed by atoms with Crippen molar-refractivity contribution in [3.8, 4) is 16.9 Å². The summed E-state index contributed by atoms with van der Waals surface area (Å²) in [6.45, 7) is 2.11. The third-order valence-electron chi connectivity index (χ3n) is 5.81. The third kappa shape index (κ3) is 4.23. The van der Waals surface area contributed by atoms with Gasteiger partial charge >= 0.3 is 6.18 Å². The summed E-state index contributed by atoms with van der Waals surface area (Å²) in [6, 6.07) is 3.72. The minimum Gasteiger partial charge on any atom is -0.504 e. The first-order valence-electron chi connectivity index (χ1n) is 9.72. The maximum Gasteiger partial charge on any atom is 0.419 e. The summed E-state index contributed by atoms with van der Waals surface area (Å²) in [6.07, 6.45) is 0.533. The fourth-order valence-corrected chi connectivity index (χ4v) is 4.26. The number of phenolic OH excluding ortho intramolecular Hbond substituents is 1. The van der Waals surface area contributed by atoms with E-state index in [0.717, 1.165) is 44.6 Å². The van der Waals surface area contributed by atoms with Crippen molar-refractivity contribution in [3.63, 3.8) is 0 Å². The van der Waals surface area contributed by atoms with Crippen molar-refractivity contribution in [2.75, 3.05) is 0 Å². The molecule has 1 aliphatic carbocycles. The zero-order valence-electron chi connectivity index (χ0n) is 15.9. The van der Waals surface area contributed by atoms with Crippen LogP contribution in [0.2, 0.25) is 0 Å². The highest BCUT2D eigenvalue weighted by molar-refractivity contribution is 5.72. The second-order valence-electron chi connectivity index (χ2n) is 7.66. The van der Waals surface area contributed by atoms with Gasteiger partial charge in [-0.1, -0.05) is 31.9 Å². The number of rotatable bonds is 4. The van der Waals surface area contributed by atoms with E-state index in [0.29, 0.717) is 12.0 Å². The first-order valence-corrected chi connectivity index (χ1v) is 9.72. The van der Waals surface area contributed by atoms with Crippen molar-refractivity contribution < 1.29 is 31.4 Å². The Morgan fingerprint density at radius 3 is 2.07 bits per heavy atom. The van der Waals surface area contributed by atoms with Gasteiger partial charge in [0.1, 0.15) is 0 Å². The molecule has 1 N–H and O–H groups in total. The summed E-state index contributed by atoms with van der Waals surface area (Å²) in [7, 11) is 0. The van der Waals surface area contributed by atoms with Crippen LogP contribution in [0.25, 0.3) is 11.1 Å². The zero-order valence-corrected chi connectivity index (χ0v) is 15.9. The second kappa shape index (κ2) is 8.28. The van der Waals surface area contributed by atoms with Crippen LogP contribution in [0.15, 0.2) is 24.3 Å². The standard InChI is InChI=1S/C22H22F6O/c1-2-3-12-4-6-13(7-5-12)14-8-9-15(19(24)18(14)23)16-10-11-17(22(26,27)28)20(25)21(16)29/h8-13,29H,2-7H2,1H3. The van der Waals surface area contributed by atoms with Crippen LogP contribution < -0.4 is 0 Å². The van der Waals surface area contributed by atoms with Gasteiger partial charge in [-0.3, -0.25) is 0 Å². The lowest BCUT2D eigenvalue weighted by molar-refractivity contribution is -0.140. The van der Waals surface area contributed by atoms with Crippen LogP contribution >= 0.6 is 0 Å². The first-order chi connectivity index (χ1) is 13.6. The minimum atomic E-state index is -5.01. The molecule has 0 aliphatic heterocycles. The van der Waals surface area contributed by atoms with E-state index >= 15 is 0 Å². The SMILES string of the molecule is CCCC1CCC(c2ccc(-c3ccc(C(F)(F)F)c(F)c3O)c(F)c2F)CC1. The molecule has 0 radical (unpaired) electrons. The summed E-state index contributed by atoms with van der Waals surface area (Å²) in [5, 5.41) is 9.84. The van der Waals surface area contributed by atoms with Gasteiger partial charge in [0.05, 0.1) is 5.56 Å². The molecule has 0 unspecified atom stereocenters. The average molecular weight is 416 g/mol. The van der Waals surface area contributed by atoms with E-state index in [9.17, 15) is 31.4 Å². The van der Waals surface area contributed by atoms with E-state index in [1.165, 1.54) is 12.1 Å². The predicted molar refractivity (Wildman–Crippen MR) is 98.0 cm³/mol. The van der Waals surface area contributed by atoms with Crippen LogP contribution in [-0.2, 0) is 6.18 Å². The third-order valence-corrected chi connectivity index (χ3v) is 5.81.